The summed E-state index contributed by atoms with van der Waals surface area (Å²) in [5.74, 6) is 1.01. The van der Waals surface area contributed by atoms with Gasteiger partial charge < -0.3 is 4.74 Å². The minimum atomic E-state index is -2.91. The molecule has 3 rings (SSSR count). The molecule has 0 radical (unpaired) electrons. The fourth-order valence-corrected chi connectivity index (χ4v) is 5.76. The normalized spacial score (nSPS) is 26.9. The minimum Gasteiger partial charge on any atom is -0.492 e. The van der Waals surface area contributed by atoms with Crippen LogP contribution >= 0.6 is 0 Å². The van der Waals surface area contributed by atoms with Gasteiger partial charge in [0.15, 0.2) is 9.84 Å². The van der Waals surface area contributed by atoms with Gasteiger partial charge in [-0.25, -0.2) is 8.42 Å². The van der Waals surface area contributed by atoms with E-state index in [-0.39, 0.29) is 17.0 Å². The topological polar surface area (TPSA) is 70.4 Å². The molecule has 6 heteroatoms. The van der Waals surface area contributed by atoms with Gasteiger partial charge in [-0.05, 0) is 37.1 Å². The Hall–Kier alpha value is -1.58. The van der Waals surface area contributed by atoms with Crippen LogP contribution < -0.4 is 4.74 Å². The molecule has 2 aliphatic rings. The summed E-state index contributed by atoms with van der Waals surface area (Å²) in [5.41, 5.74) is 0.614. The number of nitrogens with zero attached hydrogens (tertiary/aromatic N) is 2. The SMILES string of the molecule is N#Cc1ccc(OCCN2CCS(=O)(=O)C3CCCCC32)cc1. The second-order valence-corrected chi connectivity index (χ2v) is 8.62. The number of sulfone groups is 1. The van der Waals surface area contributed by atoms with E-state index in [0.717, 1.165) is 38.0 Å². The van der Waals surface area contributed by atoms with Gasteiger partial charge in [-0.1, -0.05) is 12.8 Å². The van der Waals surface area contributed by atoms with E-state index < -0.39 is 9.84 Å². The van der Waals surface area contributed by atoms with E-state index in [4.69, 9.17) is 10.00 Å². The van der Waals surface area contributed by atoms with Crippen molar-refractivity contribution in [3.8, 4) is 11.8 Å². The van der Waals surface area contributed by atoms with Gasteiger partial charge in [-0.15, -0.1) is 0 Å². The van der Waals surface area contributed by atoms with Gasteiger partial charge in [-0.2, -0.15) is 5.26 Å². The van der Waals surface area contributed by atoms with Crippen LogP contribution in [-0.2, 0) is 9.84 Å². The third kappa shape index (κ3) is 3.67. The summed E-state index contributed by atoms with van der Waals surface area (Å²) in [6.45, 7) is 1.89. The number of hydrogen-bond acceptors (Lipinski definition) is 5. The number of rotatable bonds is 4. The van der Waals surface area contributed by atoms with Gasteiger partial charge in [0, 0.05) is 19.1 Å². The monoisotopic (exact) mass is 334 g/mol. The molecular formula is C17H22N2O3S. The van der Waals surface area contributed by atoms with Crippen LogP contribution in [-0.4, -0.2) is 50.1 Å². The molecule has 23 heavy (non-hydrogen) atoms. The maximum atomic E-state index is 12.2. The number of nitriles is 1. The maximum Gasteiger partial charge on any atom is 0.155 e. The van der Waals surface area contributed by atoms with Gasteiger partial charge in [0.25, 0.3) is 0 Å². The quantitative estimate of drug-likeness (QED) is 0.842. The maximum absolute atomic E-state index is 12.2. The van der Waals surface area contributed by atoms with E-state index in [1.165, 1.54) is 0 Å². The average molecular weight is 334 g/mol. The van der Waals surface area contributed by atoms with Crippen molar-refractivity contribution in [2.75, 3.05) is 25.4 Å². The van der Waals surface area contributed by atoms with Crippen LogP contribution in [0.3, 0.4) is 0 Å². The van der Waals surface area contributed by atoms with Crippen LogP contribution in [0.4, 0.5) is 0 Å². The third-order valence-electron chi connectivity index (χ3n) is 4.89. The van der Waals surface area contributed by atoms with Gasteiger partial charge in [0.1, 0.15) is 12.4 Å². The van der Waals surface area contributed by atoms with Crippen LogP contribution in [0.5, 0.6) is 5.75 Å². The molecule has 2 fully saturated rings. The Morgan fingerprint density at radius 2 is 1.96 bits per heavy atom. The Kier molecular flexibility index (Phi) is 4.88. The number of ether oxygens (including phenoxy) is 1. The molecule has 0 aromatic heterocycles. The Morgan fingerprint density at radius 1 is 1.22 bits per heavy atom. The van der Waals surface area contributed by atoms with Crippen molar-refractivity contribution >= 4 is 9.84 Å². The molecule has 0 N–H and O–H groups in total. The van der Waals surface area contributed by atoms with E-state index in [1.807, 2.05) is 0 Å². The highest BCUT2D eigenvalue weighted by molar-refractivity contribution is 7.92. The second-order valence-electron chi connectivity index (χ2n) is 6.28. The smallest absolute Gasteiger partial charge is 0.155 e. The Balaban J connectivity index is 1.56. The standard InChI is InChI=1S/C17H22N2O3S/c18-13-14-5-7-15(8-6-14)22-11-9-19-10-12-23(20,21)17-4-2-1-3-16(17)19/h5-8,16-17H,1-4,9-12H2. The minimum absolute atomic E-state index is 0.159. The van der Waals surface area contributed by atoms with Crippen LogP contribution in [0.1, 0.15) is 31.2 Å². The Labute approximate surface area is 137 Å². The van der Waals surface area contributed by atoms with Crippen molar-refractivity contribution in [1.29, 1.82) is 5.26 Å². The lowest BCUT2D eigenvalue weighted by Crippen LogP contribution is -2.56. The zero-order valence-electron chi connectivity index (χ0n) is 13.1. The van der Waals surface area contributed by atoms with Crippen molar-refractivity contribution in [2.45, 2.75) is 37.0 Å². The van der Waals surface area contributed by atoms with Crippen molar-refractivity contribution in [1.82, 2.24) is 4.90 Å². The summed E-state index contributed by atoms with van der Waals surface area (Å²) in [6, 6.07) is 9.30. The summed E-state index contributed by atoms with van der Waals surface area (Å²) in [7, 11) is -2.91. The summed E-state index contributed by atoms with van der Waals surface area (Å²) < 4.78 is 30.2. The number of hydrogen-bond donors (Lipinski definition) is 0. The molecule has 2 atom stereocenters. The molecule has 1 saturated carbocycles. The largest absolute Gasteiger partial charge is 0.492 e. The fourth-order valence-electron chi connectivity index (χ4n) is 3.66. The lowest BCUT2D eigenvalue weighted by atomic mass is 9.93. The Bertz CT molecular complexity index is 679. The predicted molar refractivity (Wildman–Crippen MR) is 88.1 cm³/mol. The van der Waals surface area contributed by atoms with E-state index >= 15 is 0 Å². The van der Waals surface area contributed by atoms with Gasteiger partial charge in [-0.3, -0.25) is 4.90 Å². The molecule has 0 spiro atoms. The molecule has 1 aromatic carbocycles. The lowest BCUT2D eigenvalue weighted by Gasteiger charge is -2.43. The first-order chi connectivity index (χ1) is 11.1. The average Bonchev–Trinajstić information content (AvgIpc) is 2.58. The van der Waals surface area contributed by atoms with Crippen molar-refractivity contribution in [2.24, 2.45) is 0 Å². The summed E-state index contributed by atoms with van der Waals surface area (Å²) in [5, 5.41) is 8.60. The van der Waals surface area contributed by atoms with Gasteiger partial charge in [0.05, 0.1) is 22.6 Å². The molecule has 0 amide bonds. The first-order valence-corrected chi connectivity index (χ1v) is 9.90. The molecule has 124 valence electrons. The van der Waals surface area contributed by atoms with Crippen molar-refractivity contribution in [3.05, 3.63) is 29.8 Å². The third-order valence-corrected chi connectivity index (χ3v) is 7.12. The van der Waals surface area contributed by atoms with Gasteiger partial charge in [0.2, 0.25) is 0 Å². The van der Waals surface area contributed by atoms with E-state index in [1.54, 1.807) is 24.3 Å². The van der Waals surface area contributed by atoms with Crippen LogP contribution in [0.15, 0.2) is 24.3 Å². The molecule has 1 aliphatic heterocycles. The molecule has 1 aromatic rings. The highest BCUT2D eigenvalue weighted by Crippen LogP contribution is 2.31. The molecule has 5 nitrogen and oxygen atoms in total. The first kappa shape index (κ1) is 16.3. The van der Waals surface area contributed by atoms with Crippen molar-refractivity contribution < 1.29 is 13.2 Å². The molecule has 1 aliphatic carbocycles. The molecule has 1 saturated heterocycles. The molecular weight excluding hydrogens is 312 g/mol. The predicted octanol–water partition coefficient (Wildman–Crippen LogP) is 1.98. The lowest BCUT2D eigenvalue weighted by molar-refractivity contribution is 0.131. The molecule has 0 bridgehead atoms. The highest BCUT2D eigenvalue weighted by atomic mass is 32.2. The fraction of sp³-hybridized carbons (Fsp3) is 0.588. The summed E-state index contributed by atoms with van der Waals surface area (Å²) in [6.07, 6.45) is 3.92. The highest BCUT2D eigenvalue weighted by Gasteiger charge is 2.42. The van der Waals surface area contributed by atoms with Crippen LogP contribution in [0.25, 0.3) is 0 Å². The first-order valence-electron chi connectivity index (χ1n) is 8.19. The van der Waals surface area contributed by atoms with Crippen LogP contribution in [0.2, 0.25) is 0 Å². The second kappa shape index (κ2) is 6.90. The molecule has 1 heterocycles. The summed E-state index contributed by atoms with van der Waals surface area (Å²) in [4.78, 5) is 2.29. The van der Waals surface area contributed by atoms with E-state index in [2.05, 4.69) is 11.0 Å². The van der Waals surface area contributed by atoms with Crippen molar-refractivity contribution in [3.63, 3.8) is 0 Å². The molecule has 2 unspecified atom stereocenters. The van der Waals surface area contributed by atoms with E-state index in [0.29, 0.717) is 18.7 Å². The zero-order valence-corrected chi connectivity index (χ0v) is 14.0. The number of fused-ring (bicyclic) bond motifs is 1. The van der Waals surface area contributed by atoms with Crippen LogP contribution in [0, 0.1) is 11.3 Å². The number of benzene rings is 1. The Morgan fingerprint density at radius 3 is 2.70 bits per heavy atom. The summed E-state index contributed by atoms with van der Waals surface area (Å²) >= 11 is 0. The van der Waals surface area contributed by atoms with Gasteiger partial charge >= 0.3 is 0 Å². The van der Waals surface area contributed by atoms with E-state index in [9.17, 15) is 8.42 Å². The zero-order chi connectivity index (χ0) is 16.3.